The number of methoxy groups -OCH3 is 1. The van der Waals surface area contributed by atoms with Crippen molar-refractivity contribution in [2.75, 3.05) is 7.11 Å². The molecule has 1 unspecified atom stereocenters. The second-order valence-corrected chi connectivity index (χ2v) is 5.48. The van der Waals surface area contributed by atoms with Gasteiger partial charge in [-0.05, 0) is 17.7 Å². The summed E-state index contributed by atoms with van der Waals surface area (Å²) in [5, 5.41) is 8.95. The Bertz CT molecular complexity index is 723. The van der Waals surface area contributed by atoms with Crippen LogP contribution in [-0.2, 0) is 29.0 Å². The molecule has 0 spiro atoms. The van der Waals surface area contributed by atoms with Crippen molar-refractivity contribution >= 4 is 11.9 Å². The van der Waals surface area contributed by atoms with Gasteiger partial charge in [0.1, 0.15) is 6.04 Å². The number of rotatable bonds is 4. The molecule has 2 heterocycles. The predicted octanol–water partition coefficient (Wildman–Crippen LogP) is 1.21. The van der Waals surface area contributed by atoms with Crippen LogP contribution in [0.2, 0.25) is 0 Å². The molecular weight excluding hydrogens is 298 g/mol. The molecule has 0 saturated heterocycles. The van der Waals surface area contributed by atoms with Crippen LogP contribution in [0.5, 0.6) is 0 Å². The molecule has 0 fully saturated rings. The topological polar surface area (TPSA) is 95.5 Å². The van der Waals surface area contributed by atoms with Crippen molar-refractivity contribution in [3.05, 3.63) is 53.1 Å². The van der Waals surface area contributed by atoms with Gasteiger partial charge in [0.2, 0.25) is 0 Å². The third-order valence-corrected chi connectivity index (χ3v) is 4.06. The maximum Gasteiger partial charge on any atom is 0.335 e. The van der Waals surface area contributed by atoms with Crippen molar-refractivity contribution < 1.29 is 19.4 Å². The molecule has 7 nitrogen and oxygen atoms in total. The highest BCUT2D eigenvalue weighted by molar-refractivity contribution is 5.87. The van der Waals surface area contributed by atoms with Gasteiger partial charge in [-0.15, -0.1) is 0 Å². The Balaban J connectivity index is 1.81. The molecule has 120 valence electrons. The van der Waals surface area contributed by atoms with Crippen molar-refractivity contribution in [1.29, 1.82) is 0 Å². The second kappa shape index (κ2) is 6.21. The smallest absolute Gasteiger partial charge is 0.335 e. The number of hydrogen-bond donors (Lipinski definition) is 2. The van der Waals surface area contributed by atoms with Gasteiger partial charge in [-0.1, -0.05) is 12.1 Å². The number of benzene rings is 1. The summed E-state index contributed by atoms with van der Waals surface area (Å²) in [5.41, 5.74) is 3.06. The van der Waals surface area contributed by atoms with Gasteiger partial charge in [0.25, 0.3) is 0 Å². The molecule has 7 heteroatoms. The van der Waals surface area contributed by atoms with Gasteiger partial charge in [-0.2, -0.15) is 0 Å². The average Bonchev–Trinajstić information content (AvgIpc) is 3.01. The van der Waals surface area contributed by atoms with Crippen LogP contribution in [0.15, 0.2) is 30.6 Å². The van der Waals surface area contributed by atoms with Gasteiger partial charge in [0, 0.05) is 19.5 Å². The summed E-state index contributed by atoms with van der Waals surface area (Å²) >= 11 is 0. The van der Waals surface area contributed by atoms with Gasteiger partial charge in [-0.25, -0.2) is 9.78 Å². The number of aromatic amines is 1. The minimum Gasteiger partial charge on any atom is -0.478 e. The molecule has 0 radical (unpaired) electrons. The lowest BCUT2D eigenvalue weighted by Gasteiger charge is -2.33. The molecule has 2 N–H and O–H groups in total. The number of fused-ring (bicyclic) bond motifs is 1. The lowest BCUT2D eigenvalue weighted by atomic mass is 10.0. The van der Waals surface area contributed by atoms with Crippen molar-refractivity contribution in [3.8, 4) is 0 Å². The first-order valence-corrected chi connectivity index (χ1v) is 7.23. The number of nitrogens with one attached hydrogen (secondary N) is 1. The van der Waals surface area contributed by atoms with E-state index >= 15 is 0 Å². The van der Waals surface area contributed by atoms with Crippen LogP contribution >= 0.6 is 0 Å². The van der Waals surface area contributed by atoms with Crippen molar-refractivity contribution in [3.63, 3.8) is 0 Å². The highest BCUT2D eigenvalue weighted by atomic mass is 16.5. The number of imidazole rings is 1. The largest absolute Gasteiger partial charge is 0.478 e. The zero-order valence-electron chi connectivity index (χ0n) is 12.7. The van der Waals surface area contributed by atoms with Crippen molar-refractivity contribution in [2.24, 2.45) is 0 Å². The van der Waals surface area contributed by atoms with Gasteiger partial charge in [0.05, 0.1) is 30.4 Å². The van der Waals surface area contributed by atoms with E-state index in [1.54, 1.807) is 30.6 Å². The van der Waals surface area contributed by atoms with Gasteiger partial charge in [-0.3, -0.25) is 9.69 Å². The van der Waals surface area contributed by atoms with Gasteiger partial charge < -0.3 is 14.8 Å². The lowest BCUT2D eigenvalue weighted by molar-refractivity contribution is -0.148. The van der Waals surface area contributed by atoms with Gasteiger partial charge in [0.15, 0.2) is 0 Å². The molecule has 1 aliphatic rings. The number of carboxylic acids is 1. The summed E-state index contributed by atoms with van der Waals surface area (Å²) in [6, 6.07) is 6.27. The standard InChI is InChI=1S/C16H17N3O4/c1-23-16(22)14-6-12-13(18-9-17-12)8-19(14)7-10-2-4-11(5-3-10)15(20)21/h2-5,9,14H,6-8H2,1H3,(H,17,18)(H,20,21). The van der Waals surface area contributed by atoms with E-state index in [0.29, 0.717) is 19.5 Å². The average molecular weight is 315 g/mol. The SMILES string of the molecule is COC(=O)C1Cc2nc[nH]c2CN1Cc1ccc(C(=O)O)cc1. The summed E-state index contributed by atoms with van der Waals surface area (Å²) in [4.78, 5) is 32.3. The maximum atomic E-state index is 12.1. The van der Waals surface area contributed by atoms with Crippen LogP contribution in [-0.4, -0.2) is 45.1 Å². The Morgan fingerprint density at radius 2 is 2.13 bits per heavy atom. The number of hydrogen-bond acceptors (Lipinski definition) is 5. The Labute approximate surface area is 132 Å². The Hall–Kier alpha value is -2.67. The highest BCUT2D eigenvalue weighted by Crippen LogP contribution is 2.23. The summed E-state index contributed by atoms with van der Waals surface area (Å²) in [5.74, 6) is -1.25. The van der Waals surface area contributed by atoms with Crippen LogP contribution in [0.25, 0.3) is 0 Å². The molecule has 0 saturated carbocycles. The molecule has 0 amide bonds. The number of carbonyl (C=O) groups excluding carboxylic acids is 1. The lowest BCUT2D eigenvalue weighted by Crippen LogP contribution is -2.45. The van der Waals surface area contributed by atoms with Gasteiger partial charge >= 0.3 is 11.9 Å². The number of ether oxygens (including phenoxy) is 1. The van der Waals surface area contributed by atoms with E-state index in [1.807, 2.05) is 4.90 Å². The fourth-order valence-corrected chi connectivity index (χ4v) is 2.81. The number of nitrogens with zero attached hydrogens (tertiary/aromatic N) is 2. The zero-order valence-corrected chi connectivity index (χ0v) is 12.7. The molecule has 1 aliphatic heterocycles. The van der Waals surface area contributed by atoms with E-state index in [1.165, 1.54) is 7.11 Å². The summed E-state index contributed by atoms with van der Waals surface area (Å²) < 4.78 is 4.90. The second-order valence-electron chi connectivity index (χ2n) is 5.48. The van der Waals surface area contributed by atoms with Crippen molar-refractivity contribution in [1.82, 2.24) is 14.9 Å². The predicted molar refractivity (Wildman–Crippen MR) is 80.7 cm³/mol. The van der Waals surface area contributed by atoms with E-state index in [4.69, 9.17) is 9.84 Å². The maximum absolute atomic E-state index is 12.1. The first-order chi connectivity index (χ1) is 11.1. The number of esters is 1. The third kappa shape index (κ3) is 3.09. The zero-order chi connectivity index (χ0) is 16.4. The van der Waals surface area contributed by atoms with Crippen LogP contribution in [0, 0.1) is 0 Å². The van der Waals surface area contributed by atoms with Crippen LogP contribution in [0.4, 0.5) is 0 Å². The minimum atomic E-state index is -0.955. The molecule has 2 aromatic rings. The van der Waals surface area contributed by atoms with E-state index in [0.717, 1.165) is 17.0 Å². The summed E-state index contributed by atoms with van der Waals surface area (Å²) in [7, 11) is 1.38. The fraction of sp³-hybridized carbons (Fsp3) is 0.312. The van der Waals surface area contributed by atoms with E-state index < -0.39 is 12.0 Å². The van der Waals surface area contributed by atoms with E-state index in [-0.39, 0.29) is 11.5 Å². The molecule has 0 bridgehead atoms. The number of H-pyrrole nitrogens is 1. The first kappa shape index (κ1) is 15.2. The highest BCUT2D eigenvalue weighted by Gasteiger charge is 2.33. The number of aromatic nitrogens is 2. The number of carboxylic acid groups (broad SMARTS) is 1. The minimum absolute atomic E-state index is 0.243. The summed E-state index contributed by atoms with van der Waals surface area (Å²) in [6.45, 7) is 1.09. The monoisotopic (exact) mass is 315 g/mol. The van der Waals surface area contributed by atoms with Crippen molar-refractivity contribution in [2.45, 2.75) is 25.6 Å². The molecule has 1 atom stereocenters. The summed E-state index contributed by atoms with van der Waals surface area (Å²) in [6.07, 6.45) is 2.13. The molecule has 3 rings (SSSR count). The Kier molecular flexibility index (Phi) is 4.12. The molecule has 1 aromatic heterocycles. The van der Waals surface area contributed by atoms with Crippen LogP contribution in [0.3, 0.4) is 0 Å². The first-order valence-electron chi connectivity index (χ1n) is 7.23. The number of aromatic carboxylic acids is 1. The quantitative estimate of drug-likeness (QED) is 0.823. The Morgan fingerprint density at radius 1 is 1.39 bits per heavy atom. The molecular formula is C16H17N3O4. The van der Waals surface area contributed by atoms with E-state index in [2.05, 4.69) is 9.97 Å². The molecule has 23 heavy (non-hydrogen) atoms. The molecule has 1 aromatic carbocycles. The normalized spacial score (nSPS) is 17.5. The van der Waals surface area contributed by atoms with Crippen LogP contribution in [0.1, 0.15) is 27.3 Å². The number of carbonyl (C=O) groups is 2. The molecule has 0 aliphatic carbocycles. The van der Waals surface area contributed by atoms with Crippen LogP contribution < -0.4 is 0 Å². The Morgan fingerprint density at radius 3 is 2.78 bits per heavy atom. The third-order valence-electron chi connectivity index (χ3n) is 4.06. The van der Waals surface area contributed by atoms with E-state index in [9.17, 15) is 9.59 Å². The fourth-order valence-electron chi connectivity index (χ4n) is 2.81.